The quantitative estimate of drug-likeness (QED) is 0.336. The molecule has 1 aliphatic rings. The average molecular weight is 241 g/mol. The van der Waals surface area contributed by atoms with Crippen LogP contribution in [0.25, 0.3) is 0 Å². The SMILES string of the molecule is CCCC1CCCN(C(CC)C(N)=NO)CC1. The molecule has 0 saturated carbocycles. The molecule has 2 atom stereocenters. The smallest absolute Gasteiger partial charge is 0.156 e. The first kappa shape index (κ1) is 14.3. The number of amidine groups is 1. The summed E-state index contributed by atoms with van der Waals surface area (Å²) in [7, 11) is 0. The van der Waals surface area contributed by atoms with Gasteiger partial charge < -0.3 is 10.9 Å². The predicted molar refractivity (Wildman–Crippen MR) is 71.3 cm³/mol. The molecule has 0 aliphatic carbocycles. The normalized spacial score (nSPS) is 25.5. The minimum atomic E-state index is 0.111. The molecule has 2 unspecified atom stereocenters. The van der Waals surface area contributed by atoms with Crippen LogP contribution in [0.3, 0.4) is 0 Å². The molecule has 17 heavy (non-hydrogen) atoms. The van der Waals surface area contributed by atoms with Crippen LogP contribution in [0.5, 0.6) is 0 Å². The molecule has 0 aromatic rings. The van der Waals surface area contributed by atoms with E-state index in [0.29, 0.717) is 5.84 Å². The monoisotopic (exact) mass is 241 g/mol. The second kappa shape index (κ2) is 7.54. The van der Waals surface area contributed by atoms with E-state index in [1.54, 1.807) is 0 Å². The molecule has 0 radical (unpaired) electrons. The van der Waals surface area contributed by atoms with Crippen molar-refractivity contribution in [1.82, 2.24) is 4.90 Å². The third kappa shape index (κ3) is 4.19. The molecule has 100 valence electrons. The summed E-state index contributed by atoms with van der Waals surface area (Å²) >= 11 is 0. The Morgan fingerprint density at radius 1 is 1.41 bits per heavy atom. The second-order valence-electron chi connectivity index (χ2n) is 5.07. The Bertz CT molecular complexity index is 243. The molecule has 0 spiro atoms. The van der Waals surface area contributed by atoms with Crippen molar-refractivity contribution in [3.8, 4) is 0 Å². The van der Waals surface area contributed by atoms with Crippen LogP contribution in [0, 0.1) is 5.92 Å². The molecule has 1 saturated heterocycles. The number of nitrogens with two attached hydrogens (primary N) is 1. The Kier molecular flexibility index (Phi) is 6.34. The molecule has 1 fully saturated rings. The first-order chi connectivity index (χ1) is 8.22. The highest BCUT2D eigenvalue weighted by Crippen LogP contribution is 2.23. The number of rotatable bonds is 5. The zero-order chi connectivity index (χ0) is 12.7. The molecule has 0 amide bonds. The summed E-state index contributed by atoms with van der Waals surface area (Å²) in [5, 5.41) is 12.0. The van der Waals surface area contributed by atoms with E-state index in [1.807, 2.05) is 0 Å². The Balaban J connectivity index is 2.54. The summed E-state index contributed by atoms with van der Waals surface area (Å²) in [6, 6.07) is 0.111. The van der Waals surface area contributed by atoms with Crippen LogP contribution >= 0.6 is 0 Å². The zero-order valence-electron chi connectivity index (χ0n) is 11.2. The summed E-state index contributed by atoms with van der Waals surface area (Å²) < 4.78 is 0. The minimum absolute atomic E-state index is 0.111. The van der Waals surface area contributed by atoms with Gasteiger partial charge in [-0.1, -0.05) is 31.8 Å². The fraction of sp³-hybridized carbons (Fsp3) is 0.923. The molecule has 1 heterocycles. The highest BCUT2D eigenvalue weighted by atomic mass is 16.4. The van der Waals surface area contributed by atoms with E-state index in [9.17, 15) is 0 Å². The lowest BCUT2D eigenvalue weighted by atomic mass is 9.96. The molecule has 1 aliphatic heterocycles. The van der Waals surface area contributed by atoms with Crippen LogP contribution in [-0.2, 0) is 0 Å². The van der Waals surface area contributed by atoms with E-state index in [4.69, 9.17) is 10.9 Å². The molecule has 0 bridgehead atoms. The van der Waals surface area contributed by atoms with Crippen molar-refractivity contribution in [2.75, 3.05) is 13.1 Å². The van der Waals surface area contributed by atoms with E-state index in [1.165, 1.54) is 32.1 Å². The van der Waals surface area contributed by atoms with Gasteiger partial charge in [0.1, 0.15) is 0 Å². The van der Waals surface area contributed by atoms with Crippen molar-refractivity contribution in [2.45, 2.75) is 58.4 Å². The lowest BCUT2D eigenvalue weighted by Gasteiger charge is -2.28. The van der Waals surface area contributed by atoms with E-state index < -0.39 is 0 Å². The maximum atomic E-state index is 8.81. The first-order valence-corrected chi connectivity index (χ1v) is 6.94. The summed E-state index contributed by atoms with van der Waals surface area (Å²) in [5.41, 5.74) is 5.76. The predicted octanol–water partition coefficient (Wildman–Crippen LogP) is 2.41. The van der Waals surface area contributed by atoms with Crippen LogP contribution in [0.15, 0.2) is 5.16 Å². The summed E-state index contributed by atoms with van der Waals surface area (Å²) in [4.78, 5) is 2.38. The topological polar surface area (TPSA) is 61.8 Å². The van der Waals surface area contributed by atoms with Gasteiger partial charge in [-0.3, -0.25) is 4.90 Å². The van der Waals surface area contributed by atoms with Gasteiger partial charge in [-0.2, -0.15) is 0 Å². The van der Waals surface area contributed by atoms with Crippen molar-refractivity contribution < 1.29 is 5.21 Å². The van der Waals surface area contributed by atoms with Gasteiger partial charge in [-0.15, -0.1) is 0 Å². The maximum absolute atomic E-state index is 8.81. The third-order valence-electron chi connectivity index (χ3n) is 3.86. The van der Waals surface area contributed by atoms with Gasteiger partial charge >= 0.3 is 0 Å². The number of hydrogen-bond donors (Lipinski definition) is 2. The fourth-order valence-electron chi connectivity index (χ4n) is 2.92. The van der Waals surface area contributed by atoms with Crippen LogP contribution in [-0.4, -0.2) is 35.1 Å². The standard InChI is InChI=1S/C13H27N3O/c1-3-6-11-7-5-9-16(10-8-11)12(4-2)13(14)15-17/h11-12,17H,3-10H2,1-2H3,(H2,14,15). The number of nitrogens with zero attached hydrogens (tertiary/aromatic N) is 2. The highest BCUT2D eigenvalue weighted by molar-refractivity contribution is 5.85. The molecule has 4 nitrogen and oxygen atoms in total. The van der Waals surface area contributed by atoms with Gasteiger partial charge in [0.15, 0.2) is 5.84 Å². The van der Waals surface area contributed by atoms with Crippen molar-refractivity contribution in [3.63, 3.8) is 0 Å². The largest absolute Gasteiger partial charge is 0.409 e. The van der Waals surface area contributed by atoms with Crippen LogP contribution in [0.1, 0.15) is 52.4 Å². The van der Waals surface area contributed by atoms with Gasteiger partial charge in [0.25, 0.3) is 0 Å². The summed E-state index contributed by atoms with van der Waals surface area (Å²) in [5.74, 6) is 1.23. The number of oxime groups is 1. The fourth-order valence-corrected chi connectivity index (χ4v) is 2.92. The highest BCUT2D eigenvalue weighted by Gasteiger charge is 2.24. The van der Waals surface area contributed by atoms with Crippen LogP contribution < -0.4 is 5.73 Å². The van der Waals surface area contributed by atoms with E-state index >= 15 is 0 Å². The second-order valence-corrected chi connectivity index (χ2v) is 5.07. The third-order valence-corrected chi connectivity index (χ3v) is 3.86. The first-order valence-electron chi connectivity index (χ1n) is 6.94. The summed E-state index contributed by atoms with van der Waals surface area (Å²) in [6.45, 7) is 6.51. The zero-order valence-corrected chi connectivity index (χ0v) is 11.2. The molecular weight excluding hydrogens is 214 g/mol. The molecule has 3 N–H and O–H groups in total. The Hall–Kier alpha value is -0.770. The molecular formula is C13H27N3O. The lowest BCUT2D eigenvalue weighted by molar-refractivity contribution is 0.232. The molecule has 0 aromatic carbocycles. The van der Waals surface area contributed by atoms with Crippen molar-refractivity contribution in [3.05, 3.63) is 0 Å². The van der Waals surface area contributed by atoms with Gasteiger partial charge in [0.05, 0.1) is 6.04 Å². The van der Waals surface area contributed by atoms with Gasteiger partial charge in [-0.05, 0) is 44.7 Å². The van der Waals surface area contributed by atoms with E-state index in [-0.39, 0.29) is 6.04 Å². The van der Waals surface area contributed by atoms with Crippen LogP contribution in [0.2, 0.25) is 0 Å². The van der Waals surface area contributed by atoms with Crippen molar-refractivity contribution >= 4 is 5.84 Å². The molecule has 0 aromatic heterocycles. The average Bonchev–Trinajstić information content (AvgIpc) is 2.56. The summed E-state index contributed by atoms with van der Waals surface area (Å²) in [6.07, 6.45) is 7.35. The Labute approximate surface area is 105 Å². The Morgan fingerprint density at radius 2 is 2.18 bits per heavy atom. The van der Waals surface area contributed by atoms with Crippen LogP contribution in [0.4, 0.5) is 0 Å². The minimum Gasteiger partial charge on any atom is -0.409 e. The number of likely N-dealkylation sites (tertiary alicyclic amines) is 1. The molecule has 1 rings (SSSR count). The number of hydrogen-bond acceptors (Lipinski definition) is 3. The molecule has 4 heteroatoms. The van der Waals surface area contributed by atoms with E-state index in [0.717, 1.165) is 25.4 Å². The van der Waals surface area contributed by atoms with Gasteiger partial charge in [0.2, 0.25) is 0 Å². The van der Waals surface area contributed by atoms with E-state index in [2.05, 4.69) is 23.9 Å². The van der Waals surface area contributed by atoms with Gasteiger partial charge in [0, 0.05) is 0 Å². The Morgan fingerprint density at radius 3 is 2.76 bits per heavy atom. The van der Waals surface area contributed by atoms with Crippen molar-refractivity contribution in [1.29, 1.82) is 0 Å². The van der Waals surface area contributed by atoms with Crippen molar-refractivity contribution in [2.24, 2.45) is 16.8 Å². The van der Waals surface area contributed by atoms with Gasteiger partial charge in [-0.25, -0.2) is 0 Å². The lowest BCUT2D eigenvalue weighted by Crippen LogP contribution is -2.45. The maximum Gasteiger partial charge on any atom is 0.156 e.